The average Bonchev–Trinajstić information content (AvgIpc) is 2.52. The number of rotatable bonds is 2. The standard InChI is InChI=1S/C17H23FN2O5/c1-17(2,3)25-16(24)20-9-8-19(15(22)23)10-13(20)14(21)11-4-6-12(18)7-5-11/h4-7,13-14,21H,8-10H2,1-3H3,(H,22,23). The summed E-state index contributed by atoms with van der Waals surface area (Å²) < 4.78 is 18.5. The first kappa shape index (κ1) is 19.0. The molecule has 1 aromatic carbocycles. The van der Waals surface area contributed by atoms with Gasteiger partial charge in [0.1, 0.15) is 17.5 Å². The highest BCUT2D eigenvalue weighted by Crippen LogP contribution is 2.26. The molecule has 25 heavy (non-hydrogen) atoms. The Bertz CT molecular complexity index is 629. The SMILES string of the molecule is CC(C)(C)OC(=O)N1CCN(C(=O)O)CC1C(O)c1ccc(F)cc1. The second-order valence-electron chi connectivity index (χ2n) is 6.97. The van der Waals surface area contributed by atoms with Crippen LogP contribution in [0.1, 0.15) is 32.4 Å². The summed E-state index contributed by atoms with van der Waals surface area (Å²) >= 11 is 0. The smallest absolute Gasteiger partial charge is 0.410 e. The number of aliphatic hydroxyl groups is 1. The van der Waals surface area contributed by atoms with Crippen molar-refractivity contribution in [3.8, 4) is 0 Å². The molecular weight excluding hydrogens is 331 g/mol. The van der Waals surface area contributed by atoms with Crippen LogP contribution in [0.4, 0.5) is 14.0 Å². The Labute approximate surface area is 145 Å². The predicted octanol–water partition coefficient (Wildman–Crippen LogP) is 2.46. The molecule has 2 rings (SSSR count). The van der Waals surface area contributed by atoms with E-state index < -0.39 is 35.8 Å². The summed E-state index contributed by atoms with van der Waals surface area (Å²) in [6.07, 6.45) is -2.92. The Balaban J connectivity index is 2.26. The average molecular weight is 354 g/mol. The molecule has 8 heteroatoms. The summed E-state index contributed by atoms with van der Waals surface area (Å²) in [7, 11) is 0. The number of hydrogen-bond acceptors (Lipinski definition) is 4. The van der Waals surface area contributed by atoms with Crippen LogP contribution in [0.25, 0.3) is 0 Å². The third-order valence-electron chi connectivity index (χ3n) is 3.89. The minimum Gasteiger partial charge on any atom is -0.465 e. The lowest BCUT2D eigenvalue weighted by Crippen LogP contribution is -2.59. The van der Waals surface area contributed by atoms with Crippen molar-refractivity contribution < 1.29 is 28.9 Å². The first-order valence-electron chi connectivity index (χ1n) is 7.99. The van der Waals surface area contributed by atoms with Crippen LogP contribution < -0.4 is 0 Å². The lowest BCUT2D eigenvalue weighted by Gasteiger charge is -2.42. The maximum absolute atomic E-state index is 13.1. The Morgan fingerprint density at radius 3 is 2.36 bits per heavy atom. The molecular formula is C17H23FN2O5. The number of hydrogen-bond donors (Lipinski definition) is 2. The zero-order valence-electron chi connectivity index (χ0n) is 14.5. The minimum absolute atomic E-state index is 0.0624. The van der Waals surface area contributed by atoms with Gasteiger partial charge in [-0.15, -0.1) is 0 Å². The molecule has 1 aliphatic rings. The molecule has 0 saturated carbocycles. The van der Waals surface area contributed by atoms with Crippen LogP contribution in [0.15, 0.2) is 24.3 Å². The molecule has 138 valence electrons. The predicted molar refractivity (Wildman–Crippen MR) is 87.7 cm³/mol. The van der Waals surface area contributed by atoms with E-state index in [0.29, 0.717) is 5.56 Å². The van der Waals surface area contributed by atoms with Crippen molar-refractivity contribution in [2.75, 3.05) is 19.6 Å². The van der Waals surface area contributed by atoms with Crippen molar-refractivity contribution in [1.29, 1.82) is 0 Å². The van der Waals surface area contributed by atoms with E-state index in [1.807, 2.05) is 0 Å². The van der Waals surface area contributed by atoms with E-state index in [2.05, 4.69) is 0 Å². The van der Waals surface area contributed by atoms with Gasteiger partial charge in [0, 0.05) is 19.6 Å². The van der Waals surface area contributed by atoms with Crippen LogP contribution in [0.2, 0.25) is 0 Å². The molecule has 1 heterocycles. The van der Waals surface area contributed by atoms with Crippen molar-refractivity contribution >= 4 is 12.2 Å². The highest BCUT2D eigenvalue weighted by Gasteiger charge is 2.39. The molecule has 0 aromatic heterocycles. The quantitative estimate of drug-likeness (QED) is 0.851. The van der Waals surface area contributed by atoms with Gasteiger partial charge < -0.3 is 19.8 Å². The lowest BCUT2D eigenvalue weighted by atomic mass is 9.99. The Hall–Kier alpha value is -2.35. The number of piperazine rings is 1. The largest absolute Gasteiger partial charge is 0.465 e. The summed E-state index contributed by atoms with van der Waals surface area (Å²) in [6.45, 7) is 5.34. The second-order valence-corrected chi connectivity index (χ2v) is 6.97. The number of nitrogens with zero attached hydrogens (tertiary/aromatic N) is 2. The van der Waals surface area contributed by atoms with Crippen LogP contribution >= 0.6 is 0 Å². The fourth-order valence-corrected chi connectivity index (χ4v) is 2.68. The molecule has 2 atom stereocenters. The number of carboxylic acid groups (broad SMARTS) is 1. The fourth-order valence-electron chi connectivity index (χ4n) is 2.68. The first-order valence-corrected chi connectivity index (χ1v) is 7.99. The summed E-state index contributed by atoms with van der Waals surface area (Å²) in [4.78, 5) is 26.2. The van der Waals surface area contributed by atoms with Gasteiger partial charge in [0.2, 0.25) is 0 Å². The normalized spacial score (nSPS) is 19.5. The van der Waals surface area contributed by atoms with E-state index >= 15 is 0 Å². The van der Waals surface area contributed by atoms with E-state index in [1.54, 1.807) is 20.8 Å². The Morgan fingerprint density at radius 2 is 1.84 bits per heavy atom. The van der Waals surface area contributed by atoms with Crippen LogP contribution in [0.5, 0.6) is 0 Å². The van der Waals surface area contributed by atoms with Crippen molar-refractivity contribution in [3.05, 3.63) is 35.6 Å². The monoisotopic (exact) mass is 354 g/mol. The number of carbonyl (C=O) groups is 2. The molecule has 2 amide bonds. The van der Waals surface area contributed by atoms with E-state index in [0.717, 1.165) is 4.90 Å². The van der Waals surface area contributed by atoms with Gasteiger partial charge in [0.15, 0.2) is 0 Å². The van der Waals surface area contributed by atoms with E-state index in [4.69, 9.17) is 4.74 Å². The number of carbonyl (C=O) groups excluding carboxylic acids is 1. The highest BCUT2D eigenvalue weighted by molar-refractivity contribution is 5.70. The Morgan fingerprint density at radius 1 is 1.24 bits per heavy atom. The second kappa shape index (κ2) is 7.26. The van der Waals surface area contributed by atoms with Gasteiger partial charge in [-0.2, -0.15) is 0 Å². The number of aliphatic hydroxyl groups excluding tert-OH is 1. The minimum atomic E-state index is -1.17. The van der Waals surface area contributed by atoms with Crippen LogP contribution in [-0.2, 0) is 4.74 Å². The summed E-state index contributed by atoms with van der Waals surface area (Å²) in [6, 6.07) is 4.40. The van der Waals surface area contributed by atoms with E-state index in [9.17, 15) is 24.2 Å². The van der Waals surface area contributed by atoms with Gasteiger partial charge in [-0.05, 0) is 38.5 Å². The van der Waals surface area contributed by atoms with Gasteiger partial charge in [0.25, 0.3) is 0 Å². The van der Waals surface area contributed by atoms with Gasteiger partial charge in [-0.25, -0.2) is 14.0 Å². The maximum atomic E-state index is 13.1. The number of benzene rings is 1. The third-order valence-corrected chi connectivity index (χ3v) is 3.89. The lowest BCUT2D eigenvalue weighted by molar-refractivity contribution is -0.0300. The topological polar surface area (TPSA) is 90.3 Å². The number of ether oxygens (including phenoxy) is 1. The zero-order valence-corrected chi connectivity index (χ0v) is 14.5. The molecule has 0 aliphatic carbocycles. The maximum Gasteiger partial charge on any atom is 0.410 e. The fraction of sp³-hybridized carbons (Fsp3) is 0.529. The summed E-state index contributed by atoms with van der Waals surface area (Å²) in [5.74, 6) is -0.448. The zero-order chi connectivity index (χ0) is 18.8. The van der Waals surface area contributed by atoms with Crippen LogP contribution in [-0.4, -0.2) is 63.5 Å². The van der Waals surface area contributed by atoms with Gasteiger partial charge in [0.05, 0.1) is 6.04 Å². The molecule has 0 spiro atoms. The molecule has 7 nitrogen and oxygen atoms in total. The number of halogens is 1. The van der Waals surface area contributed by atoms with Crippen molar-refractivity contribution in [2.45, 2.75) is 38.5 Å². The Kier molecular flexibility index (Phi) is 5.52. The summed E-state index contributed by atoms with van der Waals surface area (Å²) in [5, 5.41) is 19.9. The van der Waals surface area contributed by atoms with Crippen LogP contribution in [0, 0.1) is 5.82 Å². The molecule has 1 aliphatic heterocycles. The molecule has 0 bridgehead atoms. The highest BCUT2D eigenvalue weighted by atomic mass is 19.1. The first-order chi connectivity index (χ1) is 11.6. The summed E-state index contributed by atoms with van der Waals surface area (Å²) in [5.41, 5.74) is -0.320. The molecule has 1 saturated heterocycles. The molecule has 1 fully saturated rings. The van der Waals surface area contributed by atoms with Gasteiger partial charge >= 0.3 is 12.2 Å². The van der Waals surface area contributed by atoms with E-state index in [1.165, 1.54) is 29.2 Å². The van der Waals surface area contributed by atoms with Crippen molar-refractivity contribution in [2.24, 2.45) is 0 Å². The molecule has 2 N–H and O–H groups in total. The number of amides is 2. The van der Waals surface area contributed by atoms with Crippen molar-refractivity contribution in [3.63, 3.8) is 0 Å². The molecule has 1 aromatic rings. The van der Waals surface area contributed by atoms with Crippen molar-refractivity contribution in [1.82, 2.24) is 9.80 Å². The van der Waals surface area contributed by atoms with Gasteiger partial charge in [-0.1, -0.05) is 12.1 Å². The van der Waals surface area contributed by atoms with Gasteiger partial charge in [-0.3, -0.25) is 4.90 Å². The molecule has 2 unspecified atom stereocenters. The third kappa shape index (κ3) is 4.82. The van der Waals surface area contributed by atoms with Crippen LogP contribution in [0.3, 0.4) is 0 Å². The van der Waals surface area contributed by atoms with E-state index in [-0.39, 0.29) is 19.6 Å². The molecule has 0 radical (unpaired) electrons.